The molecule has 1 heterocycles. The van der Waals surface area contributed by atoms with Crippen LogP contribution in [-0.2, 0) is 14.3 Å². The number of esters is 1. The Kier molecular flexibility index (Phi) is 7.15. The number of Topliss-reactive ketones (excluding diaryl/α,β-unsaturated/α-hetero) is 1. The zero-order valence-corrected chi connectivity index (χ0v) is 20.8. The molecule has 2 atom stereocenters. The van der Waals surface area contributed by atoms with Crippen LogP contribution in [0.5, 0.6) is 17.2 Å². The maximum absolute atomic E-state index is 13.7. The molecule has 1 aliphatic heterocycles. The number of para-hydroxylation sites is 1. The van der Waals surface area contributed by atoms with E-state index in [1.165, 1.54) is 7.11 Å². The van der Waals surface area contributed by atoms with Gasteiger partial charge in [-0.1, -0.05) is 24.3 Å². The molecule has 184 valence electrons. The molecule has 0 bridgehead atoms. The summed E-state index contributed by atoms with van der Waals surface area (Å²) in [6, 6.07) is 13.3. The predicted molar refractivity (Wildman–Crippen MR) is 132 cm³/mol. The van der Waals surface area contributed by atoms with Crippen molar-refractivity contribution in [2.75, 3.05) is 27.9 Å². The molecule has 4 rings (SSSR count). The lowest BCUT2D eigenvalue weighted by molar-refractivity contribution is -0.136. The standard InChI is InChI=1S/C28H31NO6/c1-6-35-22-10-8-7-9-19(22)26-25(28(31)34-5)16(2)29-20-13-18(14-21(30)27(20)26)17-11-12-23(32-3)24(15-17)33-4/h7-12,15,18,26,29H,6,13-14H2,1-5H3. The second-order valence-corrected chi connectivity index (χ2v) is 8.59. The number of allylic oxidation sites excluding steroid dienone is 3. The van der Waals surface area contributed by atoms with Crippen molar-refractivity contribution >= 4 is 11.8 Å². The molecular formula is C28H31NO6. The van der Waals surface area contributed by atoms with Gasteiger partial charge in [0.2, 0.25) is 0 Å². The van der Waals surface area contributed by atoms with Gasteiger partial charge in [-0.3, -0.25) is 4.79 Å². The third-order valence-electron chi connectivity index (χ3n) is 6.64. The van der Waals surface area contributed by atoms with Gasteiger partial charge in [-0.05, 0) is 49.9 Å². The molecule has 0 spiro atoms. The lowest BCUT2D eigenvalue weighted by atomic mass is 9.71. The molecule has 0 radical (unpaired) electrons. The average molecular weight is 478 g/mol. The molecule has 2 aliphatic rings. The Morgan fingerprint density at radius 3 is 2.43 bits per heavy atom. The van der Waals surface area contributed by atoms with E-state index < -0.39 is 11.9 Å². The number of methoxy groups -OCH3 is 3. The minimum absolute atomic E-state index is 0.0104. The Balaban J connectivity index is 1.81. The van der Waals surface area contributed by atoms with E-state index in [9.17, 15) is 9.59 Å². The van der Waals surface area contributed by atoms with Gasteiger partial charge in [0.1, 0.15) is 5.75 Å². The normalized spacial score (nSPS) is 19.6. The van der Waals surface area contributed by atoms with E-state index in [4.69, 9.17) is 18.9 Å². The van der Waals surface area contributed by atoms with Gasteiger partial charge in [0.05, 0.1) is 39.4 Å². The van der Waals surface area contributed by atoms with Crippen molar-refractivity contribution in [2.24, 2.45) is 0 Å². The lowest BCUT2D eigenvalue weighted by Crippen LogP contribution is -2.36. The molecule has 1 N–H and O–H groups in total. The van der Waals surface area contributed by atoms with Crippen molar-refractivity contribution in [1.29, 1.82) is 0 Å². The van der Waals surface area contributed by atoms with Crippen LogP contribution in [0.1, 0.15) is 49.7 Å². The maximum atomic E-state index is 13.7. The summed E-state index contributed by atoms with van der Waals surface area (Å²) in [6.07, 6.45) is 0.937. The van der Waals surface area contributed by atoms with Crippen LogP contribution >= 0.6 is 0 Å². The Hall–Kier alpha value is -3.74. The van der Waals surface area contributed by atoms with Crippen LogP contribution in [0.4, 0.5) is 0 Å². The smallest absolute Gasteiger partial charge is 0.336 e. The van der Waals surface area contributed by atoms with Crippen LogP contribution in [0.2, 0.25) is 0 Å². The molecule has 7 heteroatoms. The number of hydrogen-bond acceptors (Lipinski definition) is 7. The summed E-state index contributed by atoms with van der Waals surface area (Å²) in [5, 5.41) is 3.36. The molecule has 7 nitrogen and oxygen atoms in total. The van der Waals surface area contributed by atoms with Crippen molar-refractivity contribution in [3.63, 3.8) is 0 Å². The highest BCUT2D eigenvalue weighted by Gasteiger charge is 2.42. The average Bonchev–Trinajstić information content (AvgIpc) is 2.87. The Morgan fingerprint density at radius 2 is 1.74 bits per heavy atom. The van der Waals surface area contributed by atoms with Gasteiger partial charge >= 0.3 is 5.97 Å². The van der Waals surface area contributed by atoms with Gasteiger partial charge in [0.15, 0.2) is 17.3 Å². The summed E-state index contributed by atoms with van der Waals surface area (Å²) >= 11 is 0. The fraction of sp³-hybridized carbons (Fsp3) is 0.357. The summed E-state index contributed by atoms with van der Waals surface area (Å²) in [6.45, 7) is 4.22. The number of ketones is 1. The van der Waals surface area contributed by atoms with Crippen LogP contribution in [0, 0.1) is 0 Å². The Morgan fingerprint density at radius 1 is 1.00 bits per heavy atom. The molecule has 0 saturated carbocycles. The van der Waals surface area contributed by atoms with Crippen LogP contribution in [-0.4, -0.2) is 39.7 Å². The zero-order valence-electron chi connectivity index (χ0n) is 20.8. The molecule has 35 heavy (non-hydrogen) atoms. The second-order valence-electron chi connectivity index (χ2n) is 8.59. The van der Waals surface area contributed by atoms with E-state index in [1.807, 2.05) is 56.3 Å². The van der Waals surface area contributed by atoms with Crippen LogP contribution in [0.25, 0.3) is 0 Å². The number of benzene rings is 2. The maximum Gasteiger partial charge on any atom is 0.336 e. The van der Waals surface area contributed by atoms with Crippen LogP contribution < -0.4 is 19.5 Å². The fourth-order valence-corrected chi connectivity index (χ4v) is 5.08. The number of nitrogens with one attached hydrogen (secondary N) is 1. The number of carbonyl (C=O) groups excluding carboxylic acids is 2. The highest BCUT2D eigenvalue weighted by atomic mass is 16.5. The molecule has 1 aliphatic carbocycles. The second kappa shape index (κ2) is 10.3. The van der Waals surface area contributed by atoms with Gasteiger partial charge in [0, 0.05) is 29.0 Å². The summed E-state index contributed by atoms with van der Waals surface area (Å²) in [5.41, 5.74) is 4.29. The minimum atomic E-state index is -0.569. The molecular weight excluding hydrogens is 446 g/mol. The van der Waals surface area contributed by atoms with Crippen molar-refractivity contribution in [3.05, 3.63) is 76.1 Å². The number of hydrogen-bond donors (Lipinski definition) is 1. The molecule has 0 fully saturated rings. The third kappa shape index (κ3) is 4.50. The summed E-state index contributed by atoms with van der Waals surface area (Å²) in [5.74, 6) is 0.836. The van der Waals surface area contributed by atoms with Gasteiger partial charge in [-0.2, -0.15) is 0 Å². The van der Waals surface area contributed by atoms with Crippen molar-refractivity contribution < 1.29 is 28.5 Å². The largest absolute Gasteiger partial charge is 0.494 e. The Labute approximate surface area is 205 Å². The van der Waals surface area contributed by atoms with Gasteiger partial charge in [-0.15, -0.1) is 0 Å². The quantitative estimate of drug-likeness (QED) is 0.582. The van der Waals surface area contributed by atoms with E-state index in [0.717, 1.165) is 16.8 Å². The zero-order chi connectivity index (χ0) is 25.1. The number of carbonyl (C=O) groups is 2. The van der Waals surface area contributed by atoms with E-state index in [2.05, 4.69) is 5.32 Å². The molecule has 0 amide bonds. The monoisotopic (exact) mass is 477 g/mol. The number of rotatable bonds is 7. The van der Waals surface area contributed by atoms with E-state index in [-0.39, 0.29) is 11.7 Å². The third-order valence-corrected chi connectivity index (χ3v) is 6.64. The molecule has 0 aromatic heterocycles. The van der Waals surface area contributed by atoms with Crippen molar-refractivity contribution in [1.82, 2.24) is 5.32 Å². The molecule has 2 aromatic rings. The summed E-state index contributed by atoms with van der Waals surface area (Å²) in [7, 11) is 4.55. The molecule has 2 unspecified atom stereocenters. The molecule has 2 aromatic carbocycles. The Bertz CT molecular complexity index is 1210. The highest BCUT2D eigenvalue weighted by molar-refractivity contribution is 6.04. The SMILES string of the molecule is CCOc1ccccc1C1C(C(=O)OC)=C(C)NC2=C1C(=O)CC(c1ccc(OC)c(OC)c1)C2. The van der Waals surface area contributed by atoms with Gasteiger partial charge in [-0.25, -0.2) is 4.79 Å². The van der Waals surface area contributed by atoms with E-state index in [1.54, 1.807) is 14.2 Å². The first-order valence-corrected chi connectivity index (χ1v) is 11.7. The minimum Gasteiger partial charge on any atom is -0.494 e. The van der Waals surface area contributed by atoms with Crippen LogP contribution in [0.15, 0.2) is 65.0 Å². The first-order valence-electron chi connectivity index (χ1n) is 11.7. The van der Waals surface area contributed by atoms with E-state index in [0.29, 0.717) is 53.5 Å². The van der Waals surface area contributed by atoms with Crippen molar-refractivity contribution in [3.8, 4) is 17.2 Å². The first kappa shape index (κ1) is 24.4. The number of ether oxygens (including phenoxy) is 4. The van der Waals surface area contributed by atoms with E-state index >= 15 is 0 Å². The first-order chi connectivity index (χ1) is 16.9. The predicted octanol–water partition coefficient (Wildman–Crippen LogP) is 4.64. The molecule has 0 saturated heterocycles. The topological polar surface area (TPSA) is 83.1 Å². The number of dihydropyridines is 1. The summed E-state index contributed by atoms with van der Waals surface area (Å²) in [4.78, 5) is 26.6. The van der Waals surface area contributed by atoms with Crippen molar-refractivity contribution in [2.45, 2.75) is 38.5 Å². The lowest BCUT2D eigenvalue weighted by Gasteiger charge is -2.37. The van der Waals surface area contributed by atoms with Gasteiger partial charge in [0.25, 0.3) is 0 Å². The highest BCUT2D eigenvalue weighted by Crippen LogP contribution is 2.48. The van der Waals surface area contributed by atoms with Gasteiger partial charge < -0.3 is 24.3 Å². The fourth-order valence-electron chi connectivity index (χ4n) is 5.08. The summed E-state index contributed by atoms with van der Waals surface area (Å²) < 4.78 is 21.8. The van der Waals surface area contributed by atoms with Crippen LogP contribution in [0.3, 0.4) is 0 Å².